The lowest BCUT2D eigenvalue weighted by atomic mass is 10.2. The molecule has 34 heavy (non-hydrogen) atoms. The van der Waals surface area contributed by atoms with Crippen LogP contribution in [0.1, 0.15) is 43.7 Å². The van der Waals surface area contributed by atoms with Crippen LogP contribution in [-0.4, -0.2) is 31.3 Å². The third kappa shape index (κ3) is 4.73. The molecule has 8 nitrogen and oxygen atoms in total. The molecule has 2 amide bonds. The SMILES string of the molecule is CC(NC(=O)c1ncnc2c1ccn2C)c1ncc(C(=O)Nc2ccc(C(F)(F)F)c(Cl)c2)s1. The quantitative estimate of drug-likeness (QED) is 0.401. The van der Waals surface area contributed by atoms with Crippen molar-refractivity contribution in [3.05, 3.63) is 69.2 Å². The van der Waals surface area contributed by atoms with Crippen LogP contribution in [0.2, 0.25) is 5.02 Å². The van der Waals surface area contributed by atoms with E-state index in [-0.39, 0.29) is 16.3 Å². The Bertz CT molecular complexity index is 1400. The number of halogens is 4. The second-order valence-corrected chi connectivity index (χ2v) is 8.76. The first kappa shape index (κ1) is 23.6. The van der Waals surface area contributed by atoms with Crippen LogP contribution in [0.5, 0.6) is 0 Å². The van der Waals surface area contributed by atoms with Crippen molar-refractivity contribution in [3.8, 4) is 0 Å². The molecule has 3 aromatic heterocycles. The van der Waals surface area contributed by atoms with E-state index in [0.29, 0.717) is 16.0 Å². The highest BCUT2D eigenvalue weighted by atomic mass is 35.5. The fraction of sp³-hybridized carbons (Fsp3) is 0.190. The number of amides is 2. The number of fused-ring (bicyclic) bond motifs is 1. The largest absolute Gasteiger partial charge is 0.417 e. The van der Waals surface area contributed by atoms with Crippen molar-refractivity contribution in [2.24, 2.45) is 7.05 Å². The predicted octanol–water partition coefficient (Wildman–Crippen LogP) is 4.84. The third-order valence-electron chi connectivity index (χ3n) is 4.87. The number of carbonyl (C=O) groups is 2. The zero-order valence-corrected chi connectivity index (χ0v) is 19.2. The summed E-state index contributed by atoms with van der Waals surface area (Å²) in [7, 11) is 1.81. The zero-order chi connectivity index (χ0) is 24.6. The van der Waals surface area contributed by atoms with Gasteiger partial charge in [0.25, 0.3) is 11.8 Å². The number of anilines is 1. The average molecular weight is 509 g/mol. The molecular formula is C21H16ClF3N6O2S. The minimum atomic E-state index is -4.59. The van der Waals surface area contributed by atoms with Crippen LogP contribution in [-0.2, 0) is 13.2 Å². The van der Waals surface area contributed by atoms with Gasteiger partial charge in [0.2, 0.25) is 0 Å². The highest BCUT2D eigenvalue weighted by molar-refractivity contribution is 7.13. The molecular weight excluding hydrogens is 493 g/mol. The lowest BCUT2D eigenvalue weighted by Crippen LogP contribution is -2.27. The fourth-order valence-corrected chi connectivity index (χ4v) is 4.30. The number of nitrogens with one attached hydrogen (secondary N) is 2. The summed E-state index contributed by atoms with van der Waals surface area (Å²) >= 11 is 6.73. The first-order chi connectivity index (χ1) is 16.0. The van der Waals surface area contributed by atoms with Gasteiger partial charge in [0.05, 0.1) is 28.2 Å². The Morgan fingerprint density at radius 2 is 1.91 bits per heavy atom. The molecule has 0 saturated carbocycles. The Balaban J connectivity index is 1.44. The Labute approximate surface area is 199 Å². The molecule has 0 radical (unpaired) electrons. The summed E-state index contributed by atoms with van der Waals surface area (Å²) in [5.74, 6) is -0.994. The Morgan fingerprint density at radius 1 is 1.15 bits per heavy atom. The number of rotatable bonds is 5. The number of hydrogen-bond acceptors (Lipinski definition) is 6. The van der Waals surface area contributed by atoms with Crippen LogP contribution in [0.25, 0.3) is 11.0 Å². The van der Waals surface area contributed by atoms with Gasteiger partial charge >= 0.3 is 6.18 Å². The molecule has 1 unspecified atom stereocenters. The van der Waals surface area contributed by atoms with E-state index >= 15 is 0 Å². The van der Waals surface area contributed by atoms with Crippen molar-refractivity contribution in [1.82, 2.24) is 24.8 Å². The van der Waals surface area contributed by atoms with Gasteiger partial charge in [0.15, 0.2) is 0 Å². The summed E-state index contributed by atoms with van der Waals surface area (Å²) in [5.41, 5.74) is -0.0567. The van der Waals surface area contributed by atoms with Gasteiger partial charge in [-0.15, -0.1) is 11.3 Å². The normalized spacial score (nSPS) is 12.5. The second kappa shape index (κ2) is 9.03. The third-order valence-corrected chi connectivity index (χ3v) is 6.37. The number of aromatic nitrogens is 4. The lowest BCUT2D eigenvalue weighted by molar-refractivity contribution is -0.137. The van der Waals surface area contributed by atoms with Crippen LogP contribution in [0.15, 0.2) is 43.0 Å². The molecule has 0 aliphatic carbocycles. The highest BCUT2D eigenvalue weighted by Gasteiger charge is 2.33. The van der Waals surface area contributed by atoms with E-state index in [2.05, 4.69) is 25.6 Å². The molecule has 13 heteroatoms. The molecule has 176 valence electrons. The molecule has 1 aromatic carbocycles. The van der Waals surface area contributed by atoms with Crippen LogP contribution in [0.3, 0.4) is 0 Å². The summed E-state index contributed by atoms with van der Waals surface area (Å²) in [6, 6.07) is 4.15. The van der Waals surface area contributed by atoms with Crippen LogP contribution in [0.4, 0.5) is 18.9 Å². The first-order valence-electron chi connectivity index (χ1n) is 9.75. The molecule has 0 bridgehead atoms. The van der Waals surface area contributed by atoms with Crippen molar-refractivity contribution in [3.63, 3.8) is 0 Å². The maximum Gasteiger partial charge on any atom is 0.417 e. The topological polar surface area (TPSA) is 102 Å². The molecule has 0 fully saturated rings. The van der Waals surface area contributed by atoms with Gasteiger partial charge in [0.1, 0.15) is 27.6 Å². The molecule has 1 atom stereocenters. The van der Waals surface area contributed by atoms with E-state index in [0.717, 1.165) is 29.5 Å². The predicted molar refractivity (Wildman–Crippen MR) is 121 cm³/mol. The number of benzene rings is 1. The van der Waals surface area contributed by atoms with Crippen LogP contribution in [0, 0.1) is 0 Å². The minimum Gasteiger partial charge on any atom is -0.342 e. The van der Waals surface area contributed by atoms with Gasteiger partial charge < -0.3 is 15.2 Å². The fourth-order valence-electron chi connectivity index (χ4n) is 3.19. The first-order valence-corrected chi connectivity index (χ1v) is 10.9. The van der Waals surface area contributed by atoms with Gasteiger partial charge in [-0.3, -0.25) is 9.59 Å². The van der Waals surface area contributed by atoms with Gasteiger partial charge in [0, 0.05) is 18.9 Å². The van der Waals surface area contributed by atoms with E-state index in [9.17, 15) is 22.8 Å². The molecule has 0 aliphatic rings. The smallest absolute Gasteiger partial charge is 0.342 e. The zero-order valence-electron chi connectivity index (χ0n) is 17.6. The van der Waals surface area contributed by atoms with Gasteiger partial charge in [-0.05, 0) is 31.2 Å². The highest BCUT2D eigenvalue weighted by Crippen LogP contribution is 2.36. The molecule has 3 heterocycles. The summed E-state index contributed by atoms with van der Waals surface area (Å²) in [6.07, 6.45) is -0.190. The Morgan fingerprint density at radius 3 is 2.62 bits per heavy atom. The van der Waals surface area contributed by atoms with Gasteiger partial charge in [-0.2, -0.15) is 13.2 Å². The van der Waals surface area contributed by atoms with E-state index < -0.39 is 34.6 Å². The van der Waals surface area contributed by atoms with Crippen molar-refractivity contribution < 1.29 is 22.8 Å². The Hall–Kier alpha value is -3.51. The van der Waals surface area contributed by atoms with E-state index in [4.69, 9.17) is 11.6 Å². The number of thiazole rings is 1. The molecule has 4 aromatic rings. The summed E-state index contributed by atoms with van der Waals surface area (Å²) in [6.45, 7) is 1.71. The van der Waals surface area contributed by atoms with E-state index in [1.54, 1.807) is 30.8 Å². The summed E-state index contributed by atoms with van der Waals surface area (Å²) < 4.78 is 40.3. The second-order valence-electron chi connectivity index (χ2n) is 7.29. The number of carbonyl (C=O) groups excluding carboxylic acids is 2. The van der Waals surface area contributed by atoms with Gasteiger partial charge in [-0.1, -0.05) is 11.6 Å². The minimum absolute atomic E-state index is 0.106. The van der Waals surface area contributed by atoms with Crippen molar-refractivity contribution in [2.45, 2.75) is 19.1 Å². The van der Waals surface area contributed by atoms with Crippen molar-refractivity contribution in [1.29, 1.82) is 0 Å². The summed E-state index contributed by atoms with van der Waals surface area (Å²) in [4.78, 5) is 37.9. The van der Waals surface area contributed by atoms with Crippen LogP contribution >= 0.6 is 22.9 Å². The average Bonchev–Trinajstić information content (AvgIpc) is 3.40. The number of aryl methyl sites for hydroxylation is 1. The number of nitrogens with zero attached hydrogens (tertiary/aromatic N) is 4. The summed E-state index contributed by atoms with van der Waals surface area (Å²) in [5, 5.41) is 5.83. The Kier molecular flexibility index (Phi) is 6.28. The number of hydrogen-bond donors (Lipinski definition) is 2. The molecule has 0 aliphatic heterocycles. The van der Waals surface area contributed by atoms with E-state index in [1.807, 2.05) is 0 Å². The monoisotopic (exact) mass is 508 g/mol. The van der Waals surface area contributed by atoms with Crippen LogP contribution < -0.4 is 10.6 Å². The number of alkyl halides is 3. The standard InChI is InChI=1S/C21H16ClF3N6O2S/c1-10(29-19(33)16-12-5-6-31(2)17(12)28-9-27-16)20-26-8-15(34-20)18(32)30-11-3-4-13(14(22)7-11)21(23,24)25/h3-10H,1-2H3,(H,29,33)(H,30,32). The molecule has 0 saturated heterocycles. The van der Waals surface area contributed by atoms with E-state index in [1.165, 1.54) is 12.5 Å². The lowest BCUT2D eigenvalue weighted by Gasteiger charge is -2.11. The van der Waals surface area contributed by atoms with Crippen molar-refractivity contribution >= 4 is 51.5 Å². The maximum atomic E-state index is 12.8. The molecule has 4 rings (SSSR count). The van der Waals surface area contributed by atoms with Gasteiger partial charge in [-0.25, -0.2) is 15.0 Å². The molecule has 2 N–H and O–H groups in total. The maximum absolute atomic E-state index is 12.8. The van der Waals surface area contributed by atoms with Crippen molar-refractivity contribution in [2.75, 3.05) is 5.32 Å². The molecule has 0 spiro atoms.